The zero-order valence-electron chi connectivity index (χ0n) is 10.6. The molecule has 5 nitrogen and oxygen atoms in total. The number of likely N-dealkylation sites (tertiary alicyclic amines) is 1. The van der Waals surface area contributed by atoms with E-state index in [9.17, 15) is 4.79 Å². The number of carbonyl (C=O) groups is 1. The van der Waals surface area contributed by atoms with Crippen LogP contribution in [0.15, 0.2) is 17.3 Å². The van der Waals surface area contributed by atoms with Crippen molar-refractivity contribution in [2.24, 2.45) is 4.99 Å². The van der Waals surface area contributed by atoms with Crippen molar-refractivity contribution in [3.63, 3.8) is 0 Å². The molecule has 0 spiro atoms. The summed E-state index contributed by atoms with van der Waals surface area (Å²) in [7, 11) is 0. The molecule has 17 heavy (non-hydrogen) atoms. The lowest BCUT2D eigenvalue weighted by molar-refractivity contribution is -0.0393. The number of allylic oxidation sites excluding steroid dienone is 1. The van der Waals surface area contributed by atoms with E-state index in [1.165, 1.54) is 0 Å². The summed E-state index contributed by atoms with van der Waals surface area (Å²) in [5.41, 5.74) is -0.437. The molecule has 0 saturated carbocycles. The number of aliphatic imine (C=N–C) groups is 1. The molecule has 0 aromatic carbocycles. The third-order valence-electron chi connectivity index (χ3n) is 2.71. The summed E-state index contributed by atoms with van der Waals surface area (Å²) in [4.78, 5) is 19.9. The van der Waals surface area contributed by atoms with Gasteiger partial charge in [0.2, 0.25) is 0 Å². The molecule has 1 fully saturated rings. The highest BCUT2D eigenvalue weighted by Gasteiger charge is 2.38. The van der Waals surface area contributed by atoms with Gasteiger partial charge in [0.05, 0.1) is 0 Å². The van der Waals surface area contributed by atoms with Gasteiger partial charge in [-0.1, -0.05) is 0 Å². The van der Waals surface area contributed by atoms with Crippen molar-refractivity contribution >= 4 is 12.3 Å². The summed E-state index contributed by atoms with van der Waals surface area (Å²) in [6.07, 6.45) is 6.45. The largest absolute Gasteiger partial charge is 0.444 e. The Balaban J connectivity index is 1.92. The molecule has 0 aliphatic carbocycles. The topological polar surface area (TPSA) is 45.1 Å². The Hall–Kier alpha value is -1.52. The molecule has 1 atom stereocenters. The van der Waals surface area contributed by atoms with Crippen LogP contribution in [0.25, 0.3) is 0 Å². The Morgan fingerprint density at radius 2 is 2.24 bits per heavy atom. The van der Waals surface area contributed by atoms with Crippen molar-refractivity contribution < 1.29 is 9.53 Å². The highest BCUT2D eigenvalue weighted by Crippen LogP contribution is 2.24. The van der Waals surface area contributed by atoms with Crippen LogP contribution < -0.4 is 0 Å². The van der Waals surface area contributed by atoms with Gasteiger partial charge in [-0.2, -0.15) is 0 Å². The van der Waals surface area contributed by atoms with E-state index in [4.69, 9.17) is 4.74 Å². The molecule has 5 heteroatoms. The van der Waals surface area contributed by atoms with Crippen LogP contribution in [0.1, 0.15) is 27.2 Å². The maximum Gasteiger partial charge on any atom is 0.411 e. The van der Waals surface area contributed by atoms with Gasteiger partial charge in [0.1, 0.15) is 18.4 Å². The molecule has 0 aromatic heterocycles. The molecular formula is C12H19N3O2. The summed E-state index contributed by atoms with van der Waals surface area (Å²) in [5.74, 6) is 0. The first-order valence-corrected chi connectivity index (χ1v) is 5.89. The second-order valence-electron chi connectivity index (χ2n) is 5.27. The van der Waals surface area contributed by atoms with Gasteiger partial charge in [-0.15, -0.1) is 0 Å². The molecular weight excluding hydrogens is 218 g/mol. The van der Waals surface area contributed by atoms with E-state index in [2.05, 4.69) is 4.99 Å². The third kappa shape index (κ3) is 2.78. The molecule has 0 bridgehead atoms. The van der Waals surface area contributed by atoms with Crippen LogP contribution in [0, 0.1) is 0 Å². The van der Waals surface area contributed by atoms with Gasteiger partial charge in [-0.05, 0) is 26.8 Å². The first kappa shape index (κ1) is 12.0. The van der Waals surface area contributed by atoms with Gasteiger partial charge >= 0.3 is 6.09 Å². The van der Waals surface area contributed by atoms with Gasteiger partial charge in [0, 0.05) is 25.4 Å². The number of amides is 1. The Morgan fingerprint density at radius 1 is 1.47 bits per heavy atom. The Labute approximate surface area is 102 Å². The van der Waals surface area contributed by atoms with E-state index in [-0.39, 0.29) is 12.3 Å². The average molecular weight is 237 g/mol. The van der Waals surface area contributed by atoms with Crippen molar-refractivity contribution in [2.75, 3.05) is 13.2 Å². The average Bonchev–Trinajstić information content (AvgIpc) is 2.14. The normalized spacial score (nSPS) is 23.6. The SMILES string of the molecule is CC(C)(C)OC(=O)N1CCC1N1C=CC=NC1. The monoisotopic (exact) mass is 237 g/mol. The summed E-state index contributed by atoms with van der Waals surface area (Å²) in [6.45, 7) is 7.01. The number of carbonyl (C=O) groups excluding carboxylic acids is 1. The molecule has 2 rings (SSSR count). The molecule has 0 aromatic rings. The predicted octanol–water partition coefficient (Wildman–Crippen LogP) is 1.81. The van der Waals surface area contributed by atoms with Crippen molar-refractivity contribution in [1.29, 1.82) is 0 Å². The van der Waals surface area contributed by atoms with Crippen LogP contribution in [0.4, 0.5) is 4.79 Å². The van der Waals surface area contributed by atoms with Gasteiger partial charge in [-0.3, -0.25) is 9.89 Å². The van der Waals surface area contributed by atoms with Crippen LogP contribution in [0.5, 0.6) is 0 Å². The van der Waals surface area contributed by atoms with E-state index in [1.54, 1.807) is 11.1 Å². The maximum atomic E-state index is 11.9. The molecule has 2 aliphatic heterocycles. The Kier molecular flexibility index (Phi) is 3.09. The minimum atomic E-state index is -0.437. The van der Waals surface area contributed by atoms with E-state index < -0.39 is 5.60 Å². The zero-order chi connectivity index (χ0) is 12.5. The Morgan fingerprint density at radius 3 is 2.71 bits per heavy atom. The number of nitrogens with zero attached hydrogens (tertiary/aromatic N) is 3. The van der Waals surface area contributed by atoms with Crippen LogP contribution >= 0.6 is 0 Å². The first-order chi connectivity index (χ1) is 7.97. The fourth-order valence-corrected chi connectivity index (χ4v) is 1.84. The summed E-state index contributed by atoms with van der Waals surface area (Å²) < 4.78 is 5.36. The van der Waals surface area contributed by atoms with Crippen LogP contribution in [0.3, 0.4) is 0 Å². The standard InChI is InChI=1S/C12H19N3O2/c1-12(2,3)17-11(16)15-8-5-10(15)14-7-4-6-13-9-14/h4,6-7,10H,5,8-9H2,1-3H3. The molecule has 2 heterocycles. The van der Waals surface area contributed by atoms with Crippen LogP contribution in [-0.2, 0) is 4.74 Å². The fraction of sp³-hybridized carbons (Fsp3) is 0.667. The second-order valence-corrected chi connectivity index (χ2v) is 5.27. The lowest BCUT2D eigenvalue weighted by Crippen LogP contribution is -2.59. The minimum absolute atomic E-state index is 0.0959. The maximum absolute atomic E-state index is 11.9. The zero-order valence-corrected chi connectivity index (χ0v) is 10.6. The number of rotatable bonds is 1. The second kappa shape index (κ2) is 4.39. The van der Waals surface area contributed by atoms with E-state index >= 15 is 0 Å². The number of hydrogen-bond donors (Lipinski definition) is 0. The minimum Gasteiger partial charge on any atom is -0.444 e. The fourth-order valence-electron chi connectivity index (χ4n) is 1.84. The summed E-state index contributed by atoms with van der Waals surface area (Å²) >= 11 is 0. The van der Waals surface area contributed by atoms with Crippen molar-refractivity contribution in [3.05, 3.63) is 12.3 Å². The lowest BCUT2D eigenvalue weighted by Gasteiger charge is -2.46. The van der Waals surface area contributed by atoms with Gasteiger partial charge in [0.15, 0.2) is 0 Å². The summed E-state index contributed by atoms with van der Waals surface area (Å²) in [5, 5.41) is 0. The number of ether oxygens (including phenoxy) is 1. The van der Waals surface area contributed by atoms with Gasteiger partial charge < -0.3 is 9.64 Å². The quantitative estimate of drug-likeness (QED) is 0.698. The van der Waals surface area contributed by atoms with Crippen LogP contribution in [0.2, 0.25) is 0 Å². The van der Waals surface area contributed by atoms with Gasteiger partial charge in [-0.25, -0.2) is 4.79 Å². The third-order valence-corrected chi connectivity index (χ3v) is 2.71. The smallest absolute Gasteiger partial charge is 0.411 e. The van der Waals surface area contributed by atoms with E-state index in [0.29, 0.717) is 6.67 Å². The van der Waals surface area contributed by atoms with Crippen molar-refractivity contribution in [1.82, 2.24) is 9.80 Å². The predicted molar refractivity (Wildman–Crippen MR) is 65.7 cm³/mol. The molecule has 1 unspecified atom stereocenters. The highest BCUT2D eigenvalue weighted by atomic mass is 16.6. The molecule has 1 saturated heterocycles. The van der Waals surface area contributed by atoms with Crippen molar-refractivity contribution in [3.8, 4) is 0 Å². The first-order valence-electron chi connectivity index (χ1n) is 5.89. The van der Waals surface area contributed by atoms with Crippen molar-refractivity contribution in [2.45, 2.75) is 39.0 Å². The highest BCUT2D eigenvalue weighted by molar-refractivity contribution is 5.72. The molecule has 94 valence electrons. The van der Waals surface area contributed by atoms with E-state index in [1.807, 2.05) is 37.9 Å². The van der Waals surface area contributed by atoms with Gasteiger partial charge in [0.25, 0.3) is 0 Å². The number of hydrogen-bond acceptors (Lipinski definition) is 4. The molecule has 0 radical (unpaired) electrons. The molecule has 1 amide bonds. The molecule has 0 N–H and O–H groups in total. The Bertz CT molecular complexity index is 357. The van der Waals surface area contributed by atoms with E-state index in [0.717, 1.165) is 13.0 Å². The summed E-state index contributed by atoms with van der Waals surface area (Å²) in [6, 6.07) is 0. The molecule has 2 aliphatic rings. The lowest BCUT2D eigenvalue weighted by atomic mass is 10.1. The van der Waals surface area contributed by atoms with Crippen LogP contribution in [-0.4, -0.2) is 47.1 Å².